The number of carbonyl (C=O) groups is 1. The van der Waals surface area contributed by atoms with Crippen molar-refractivity contribution in [2.75, 3.05) is 13.7 Å². The van der Waals surface area contributed by atoms with E-state index in [0.29, 0.717) is 23.8 Å². The molecule has 0 unspecified atom stereocenters. The minimum absolute atomic E-state index is 0.0186. The zero-order valence-corrected chi connectivity index (χ0v) is 16.4. The lowest BCUT2D eigenvalue weighted by Crippen LogP contribution is -2.27. The Balaban J connectivity index is 1.49. The fourth-order valence-corrected chi connectivity index (χ4v) is 3.69. The molecule has 1 aromatic carbocycles. The summed E-state index contributed by atoms with van der Waals surface area (Å²) in [7, 11) is 1.58. The van der Waals surface area contributed by atoms with E-state index in [1.165, 1.54) is 5.56 Å². The van der Waals surface area contributed by atoms with Crippen LogP contribution in [0.15, 0.2) is 28.9 Å². The third kappa shape index (κ3) is 3.79. The van der Waals surface area contributed by atoms with Gasteiger partial charge in [0.1, 0.15) is 6.61 Å². The molecule has 0 fully saturated rings. The molecule has 29 heavy (non-hydrogen) atoms. The van der Waals surface area contributed by atoms with E-state index in [1.807, 2.05) is 25.1 Å². The van der Waals surface area contributed by atoms with Crippen molar-refractivity contribution in [3.8, 4) is 11.4 Å². The van der Waals surface area contributed by atoms with E-state index < -0.39 is 0 Å². The molecule has 3 aromatic rings. The molecule has 1 aliphatic carbocycles. The Morgan fingerprint density at radius 1 is 1.45 bits per heavy atom. The van der Waals surface area contributed by atoms with Crippen LogP contribution in [-0.2, 0) is 24.3 Å². The monoisotopic (exact) mass is 397 g/mol. The maximum atomic E-state index is 12.7. The maximum absolute atomic E-state index is 12.7. The molecule has 1 aliphatic rings. The molecule has 2 heterocycles. The Morgan fingerprint density at radius 2 is 2.31 bits per heavy atom. The average molecular weight is 397 g/mol. The average Bonchev–Trinajstić information content (AvgIpc) is 3.42. The number of fused-ring (bicyclic) bond motifs is 1. The first-order valence-corrected chi connectivity index (χ1v) is 9.49. The smallest absolute Gasteiger partial charge is 0.255 e. The zero-order valence-electron chi connectivity index (χ0n) is 16.4. The van der Waals surface area contributed by atoms with E-state index in [1.54, 1.807) is 18.0 Å². The summed E-state index contributed by atoms with van der Waals surface area (Å²) in [6.45, 7) is 2.46. The fraction of sp³-hybridized carbons (Fsp3) is 0.400. The quantitative estimate of drug-likeness (QED) is 0.624. The van der Waals surface area contributed by atoms with Gasteiger partial charge >= 0.3 is 0 Å². The van der Waals surface area contributed by atoms with E-state index >= 15 is 0 Å². The van der Waals surface area contributed by atoms with Gasteiger partial charge in [0.2, 0.25) is 5.82 Å². The van der Waals surface area contributed by atoms with Gasteiger partial charge in [-0.3, -0.25) is 9.48 Å². The number of aryl methyl sites for hydroxylation is 1. The van der Waals surface area contributed by atoms with Crippen LogP contribution in [0.25, 0.3) is 11.4 Å². The number of rotatable bonds is 7. The highest BCUT2D eigenvalue weighted by Crippen LogP contribution is 2.34. The number of hydrogen-bond acceptors (Lipinski definition) is 7. The molecule has 152 valence electrons. The molecule has 2 N–H and O–H groups in total. The molecule has 0 saturated carbocycles. The number of methoxy groups -OCH3 is 1. The van der Waals surface area contributed by atoms with Crippen molar-refractivity contribution in [3.05, 3.63) is 52.7 Å². The first kappa shape index (κ1) is 19.3. The molecule has 0 aliphatic heterocycles. The van der Waals surface area contributed by atoms with Crippen molar-refractivity contribution in [2.45, 2.75) is 39.0 Å². The molecule has 0 radical (unpaired) electrons. The van der Waals surface area contributed by atoms with Crippen LogP contribution in [0.4, 0.5) is 0 Å². The summed E-state index contributed by atoms with van der Waals surface area (Å²) < 4.78 is 11.8. The number of ether oxygens (including phenoxy) is 1. The molecule has 0 saturated heterocycles. The molecule has 1 amide bonds. The fourth-order valence-electron chi connectivity index (χ4n) is 3.69. The summed E-state index contributed by atoms with van der Waals surface area (Å²) in [5.74, 6) is 0.806. The lowest BCUT2D eigenvalue weighted by atomic mass is 10.0. The minimum Gasteiger partial charge on any atom is -0.394 e. The summed E-state index contributed by atoms with van der Waals surface area (Å²) in [6.07, 6.45) is 3.24. The lowest BCUT2D eigenvalue weighted by Gasteiger charge is -2.14. The predicted octanol–water partition coefficient (Wildman–Crippen LogP) is 1.80. The number of nitrogens with one attached hydrogen (secondary N) is 1. The SMILES string of the molecule is COCc1nc(-c2ccc3c(c2)CC[C@H]3NC(=O)c2cnn(CCO)c2C)no1. The molecule has 4 rings (SSSR count). The topological polar surface area (TPSA) is 115 Å². The van der Waals surface area contributed by atoms with Gasteiger partial charge in [0.05, 0.1) is 31.0 Å². The second-order valence-electron chi connectivity index (χ2n) is 7.01. The largest absolute Gasteiger partial charge is 0.394 e. The van der Waals surface area contributed by atoms with Crippen LogP contribution in [-0.4, -0.2) is 44.7 Å². The van der Waals surface area contributed by atoms with Crippen LogP contribution < -0.4 is 5.32 Å². The second-order valence-corrected chi connectivity index (χ2v) is 7.01. The standard InChI is InChI=1S/C20H23N5O4/c1-12-16(10-21-25(12)7-8-26)20(27)22-17-6-4-13-9-14(3-5-15(13)17)19-23-18(11-28-2)29-24-19/h3,5,9-10,17,26H,4,6-8,11H2,1-2H3,(H,22,27)/t17-/m1/s1. The second kappa shape index (κ2) is 8.14. The van der Waals surface area contributed by atoms with Gasteiger partial charge < -0.3 is 19.7 Å². The van der Waals surface area contributed by atoms with Crippen LogP contribution >= 0.6 is 0 Å². The van der Waals surface area contributed by atoms with E-state index in [4.69, 9.17) is 14.4 Å². The number of carbonyl (C=O) groups excluding carboxylic acids is 1. The van der Waals surface area contributed by atoms with E-state index in [0.717, 1.165) is 29.7 Å². The Hall–Kier alpha value is -3.04. The van der Waals surface area contributed by atoms with Gasteiger partial charge in [-0.15, -0.1) is 0 Å². The number of nitrogens with zero attached hydrogens (tertiary/aromatic N) is 4. The van der Waals surface area contributed by atoms with Crippen molar-refractivity contribution >= 4 is 5.91 Å². The number of aliphatic hydroxyl groups excluding tert-OH is 1. The third-order valence-corrected chi connectivity index (χ3v) is 5.18. The molecule has 0 bridgehead atoms. The number of hydrogen-bond donors (Lipinski definition) is 2. The normalized spacial score (nSPS) is 15.5. The van der Waals surface area contributed by atoms with E-state index in [-0.39, 0.29) is 25.2 Å². The van der Waals surface area contributed by atoms with Crippen molar-refractivity contribution in [1.29, 1.82) is 0 Å². The summed E-state index contributed by atoms with van der Waals surface area (Å²) >= 11 is 0. The van der Waals surface area contributed by atoms with Gasteiger partial charge in [0.25, 0.3) is 11.8 Å². The van der Waals surface area contributed by atoms with Crippen molar-refractivity contribution < 1.29 is 19.2 Å². The zero-order chi connectivity index (χ0) is 20.4. The number of amides is 1. The molecule has 0 spiro atoms. The highest BCUT2D eigenvalue weighted by molar-refractivity contribution is 5.95. The summed E-state index contributed by atoms with van der Waals surface area (Å²) in [6, 6.07) is 5.95. The highest BCUT2D eigenvalue weighted by atomic mass is 16.5. The summed E-state index contributed by atoms with van der Waals surface area (Å²) in [5.41, 5.74) is 4.42. The first-order valence-electron chi connectivity index (χ1n) is 9.49. The Labute approximate surface area is 167 Å². The first-order chi connectivity index (χ1) is 14.1. The molecule has 1 atom stereocenters. The van der Waals surface area contributed by atoms with E-state index in [9.17, 15) is 4.79 Å². The molecule has 9 nitrogen and oxygen atoms in total. The van der Waals surface area contributed by atoms with Crippen molar-refractivity contribution in [1.82, 2.24) is 25.2 Å². The highest BCUT2D eigenvalue weighted by Gasteiger charge is 2.26. The van der Waals surface area contributed by atoms with Gasteiger partial charge in [-0.1, -0.05) is 17.3 Å². The molecule has 2 aromatic heterocycles. The summed E-state index contributed by atoms with van der Waals surface area (Å²) in [4.78, 5) is 17.1. The minimum atomic E-state index is -0.156. The number of aromatic nitrogens is 4. The number of aliphatic hydroxyl groups is 1. The molecule has 9 heteroatoms. The van der Waals surface area contributed by atoms with Crippen LogP contribution in [0.5, 0.6) is 0 Å². The van der Waals surface area contributed by atoms with Crippen LogP contribution in [0.3, 0.4) is 0 Å². The predicted molar refractivity (Wildman–Crippen MR) is 103 cm³/mol. The summed E-state index contributed by atoms with van der Waals surface area (Å²) in [5, 5.41) is 20.4. The maximum Gasteiger partial charge on any atom is 0.255 e. The Bertz CT molecular complexity index is 1030. The van der Waals surface area contributed by atoms with Gasteiger partial charge in [-0.05, 0) is 37.0 Å². The van der Waals surface area contributed by atoms with Gasteiger partial charge in [0, 0.05) is 18.4 Å². The molecular weight excluding hydrogens is 374 g/mol. The van der Waals surface area contributed by atoms with Gasteiger partial charge in [0.15, 0.2) is 0 Å². The molecular formula is C20H23N5O4. The third-order valence-electron chi connectivity index (χ3n) is 5.18. The van der Waals surface area contributed by atoms with Crippen molar-refractivity contribution in [3.63, 3.8) is 0 Å². The Morgan fingerprint density at radius 3 is 3.10 bits per heavy atom. The lowest BCUT2D eigenvalue weighted by molar-refractivity contribution is 0.0936. The van der Waals surface area contributed by atoms with Gasteiger partial charge in [-0.2, -0.15) is 10.1 Å². The van der Waals surface area contributed by atoms with Gasteiger partial charge in [-0.25, -0.2) is 0 Å². The Kier molecular flexibility index (Phi) is 5.41. The van der Waals surface area contributed by atoms with E-state index in [2.05, 4.69) is 20.6 Å². The van der Waals surface area contributed by atoms with Crippen LogP contribution in [0, 0.1) is 6.92 Å². The van der Waals surface area contributed by atoms with Crippen molar-refractivity contribution in [2.24, 2.45) is 0 Å². The number of benzene rings is 1. The van der Waals surface area contributed by atoms with Crippen LogP contribution in [0.2, 0.25) is 0 Å². The van der Waals surface area contributed by atoms with Crippen LogP contribution in [0.1, 0.15) is 45.5 Å².